The van der Waals surface area contributed by atoms with E-state index in [1.165, 1.54) is 26.8 Å². The zero-order chi connectivity index (χ0) is 22.4. The van der Waals surface area contributed by atoms with Crippen LogP contribution < -0.4 is 0 Å². The van der Waals surface area contributed by atoms with E-state index >= 15 is 0 Å². The van der Waals surface area contributed by atoms with Gasteiger partial charge in [0, 0.05) is 45.5 Å². The Morgan fingerprint density at radius 3 is 2.97 bits per heavy atom. The Morgan fingerprint density at radius 1 is 1.21 bits per heavy atom. The van der Waals surface area contributed by atoms with Crippen molar-refractivity contribution in [3.05, 3.63) is 76.9 Å². The lowest BCUT2D eigenvalue weighted by Gasteiger charge is -2.32. The Labute approximate surface area is 202 Å². The Bertz CT molecular complexity index is 1080. The van der Waals surface area contributed by atoms with Gasteiger partial charge >= 0.3 is 0 Å². The van der Waals surface area contributed by atoms with Crippen molar-refractivity contribution in [1.29, 1.82) is 0 Å². The molecule has 1 saturated heterocycles. The number of nitrogens with zero attached hydrogens (tertiary/aromatic N) is 2. The summed E-state index contributed by atoms with van der Waals surface area (Å²) in [6, 6.07) is 8.86. The van der Waals surface area contributed by atoms with Crippen LogP contribution in [0.5, 0.6) is 0 Å². The minimum absolute atomic E-state index is 0.0747. The fraction of sp³-hybridized carbons (Fsp3) is 0.483. The number of ether oxygens (including phenoxy) is 1. The van der Waals surface area contributed by atoms with E-state index in [0.717, 1.165) is 45.4 Å². The average molecular weight is 459 g/mol. The van der Waals surface area contributed by atoms with Crippen molar-refractivity contribution in [3.8, 4) is 0 Å². The highest BCUT2D eigenvalue weighted by Crippen LogP contribution is 2.65. The van der Waals surface area contributed by atoms with Crippen LogP contribution in [-0.2, 0) is 4.74 Å². The number of hydrogen-bond donors (Lipinski definition) is 0. The maximum atomic E-state index is 6.47. The van der Waals surface area contributed by atoms with Crippen molar-refractivity contribution in [3.63, 3.8) is 0 Å². The molecule has 2 aliphatic heterocycles. The Hall–Kier alpha value is -1.88. The van der Waals surface area contributed by atoms with Gasteiger partial charge in [-0.3, -0.25) is 9.89 Å². The van der Waals surface area contributed by atoms with Crippen molar-refractivity contribution >= 4 is 17.5 Å². The molecule has 172 valence electrons. The van der Waals surface area contributed by atoms with Gasteiger partial charge in [0.1, 0.15) is 6.23 Å². The van der Waals surface area contributed by atoms with Crippen molar-refractivity contribution in [2.45, 2.75) is 50.7 Å². The molecule has 1 saturated carbocycles. The fourth-order valence-electron chi connectivity index (χ4n) is 6.03. The van der Waals surface area contributed by atoms with E-state index in [1.807, 2.05) is 11.8 Å². The van der Waals surface area contributed by atoms with Gasteiger partial charge in [-0.2, -0.15) is 0 Å². The first-order valence-corrected chi connectivity index (χ1v) is 13.4. The molecule has 0 aromatic heterocycles. The van der Waals surface area contributed by atoms with Crippen molar-refractivity contribution in [2.75, 3.05) is 19.7 Å². The fourth-order valence-corrected chi connectivity index (χ4v) is 7.21. The predicted octanol–water partition coefficient (Wildman–Crippen LogP) is 6.60. The summed E-state index contributed by atoms with van der Waals surface area (Å²) in [7, 11) is 0. The summed E-state index contributed by atoms with van der Waals surface area (Å²) >= 11 is 1.95. The molecule has 5 aliphatic rings. The minimum Gasteiger partial charge on any atom is -0.361 e. The molecule has 1 aromatic rings. The van der Waals surface area contributed by atoms with Crippen LogP contribution in [0, 0.1) is 23.2 Å². The molecule has 4 heteroatoms. The molecular weight excluding hydrogens is 424 g/mol. The van der Waals surface area contributed by atoms with Crippen LogP contribution in [0.1, 0.15) is 45.1 Å². The SMILES string of the molecule is CC(C)CC1=NC2=C(CC=CC3(C4OCCN4CC4C=CC=CC4)CC23)Sc2ccccc21. The monoisotopic (exact) mass is 458 g/mol. The first-order chi connectivity index (χ1) is 16.1. The largest absolute Gasteiger partial charge is 0.361 e. The van der Waals surface area contributed by atoms with E-state index in [4.69, 9.17) is 9.73 Å². The highest BCUT2D eigenvalue weighted by Gasteiger charge is 2.63. The lowest BCUT2D eigenvalue weighted by Crippen LogP contribution is -2.40. The second-order valence-electron chi connectivity index (χ2n) is 10.6. The number of fused-ring (bicyclic) bond motifs is 3. The van der Waals surface area contributed by atoms with Gasteiger partial charge in [0.25, 0.3) is 0 Å². The van der Waals surface area contributed by atoms with Gasteiger partial charge in [0.15, 0.2) is 0 Å². The maximum absolute atomic E-state index is 6.47. The number of aliphatic imine (C=N–C) groups is 1. The molecule has 0 amide bonds. The quantitative estimate of drug-likeness (QED) is 0.465. The van der Waals surface area contributed by atoms with Gasteiger partial charge in [0.05, 0.1) is 12.3 Å². The Balaban J connectivity index is 1.32. The lowest BCUT2D eigenvalue weighted by atomic mass is 9.96. The summed E-state index contributed by atoms with van der Waals surface area (Å²) < 4.78 is 6.47. The van der Waals surface area contributed by atoms with Gasteiger partial charge in [0.2, 0.25) is 0 Å². The first-order valence-electron chi connectivity index (χ1n) is 12.6. The predicted molar refractivity (Wildman–Crippen MR) is 137 cm³/mol. The van der Waals surface area contributed by atoms with Gasteiger partial charge in [-0.1, -0.05) is 80.3 Å². The molecular formula is C29H34N2OS. The Morgan fingerprint density at radius 2 is 2.12 bits per heavy atom. The average Bonchev–Trinajstić information content (AvgIpc) is 3.41. The highest BCUT2D eigenvalue weighted by atomic mass is 32.2. The van der Waals surface area contributed by atoms with Crippen molar-refractivity contribution < 1.29 is 4.74 Å². The van der Waals surface area contributed by atoms with E-state index in [9.17, 15) is 0 Å². The van der Waals surface area contributed by atoms with E-state index in [-0.39, 0.29) is 11.6 Å². The summed E-state index contributed by atoms with van der Waals surface area (Å²) in [4.78, 5) is 10.9. The molecule has 2 fully saturated rings. The molecule has 0 bridgehead atoms. The molecule has 3 aliphatic carbocycles. The number of benzene rings is 1. The van der Waals surface area contributed by atoms with Crippen LogP contribution in [0.4, 0.5) is 0 Å². The minimum atomic E-state index is 0.0747. The molecule has 0 N–H and O–H groups in total. The first kappa shape index (κ1) is 21.6. The van der Waals surface area contributed by atoms with E-state index in [0.29, 0.717) is 17.8 Å². The highest BCUT2D eigenvalue weighted by molar-refractivity contribution is 8.03. The van der Waals surface area contributed by atoms with Gasteiger partial charge < -0.3 is 4.74 Å². The number of hydrogen-bond acceptors (Lipinski definition) is 4. The molecule has 1 aromatic carbocycles. The smallest absolute Gasteiger partial charge is 0.120 e. The van der Waals surface area contributed by atoms with Crippen LogP contribution in [0.15, 0.2) is 81.2 Å². The zero-order valence-electron chi connectivity index (χ0n) is 19.7. The van der Waals surface area contributed by atoms with Gasteiger partial charge in [-0.15, -0.1) is 0 Å². The van der Waals surface area contributed by atoms with Crippen LogP contribution in [-0.4, -0.2) is 36.5 Å². The third-order valence-electron chi connectivity index (χ3n) is 7.67. The maximum Gasteiger partial charge on any atom is 0.120 e. The second-order valence-corrected chi connectivity index (χ2v) is 11.7. The van der Waals surface area contributed by atoms with Gasteiger partial charge in [-0.05, 0) is 43.6 Å². The zero-order valence-corrected chi connectivity index (χ0v) is 20.6. The molecule has 0 radical (unpaired) electrons. The molecule has 0 spiro atoms. The van der Waals surface area contributed by atoms with E-state index < -0.39 is 0 Å². The van der Waals surface area contributed by atoms with Crippen molar-refractivity contribution in [2.24, 2.45) is 28.2 Å². The summed E-state index contributed by atoms with van der Waals surface area (Å²) in [5, 5.41) is 0. The van der Waals surface area contributed by atoms with Crippen LogP contribution in [0.3, 0.4) is 0 Å². The van der Waals surface area contributed by atoms with Crippen molar-refractivity contribution in [1.82, 2.24) is 4.90 Å². The molecule has 3 nitrogen and oxygen atoms in total. The summed E-state index contributed by atoms with van der Waals surface area (Å²) in [6.07, 6.45) is 18.4. The standard InChI is InChI=1S/C29H34N2OS/c1-20(2)17-24-22-11-6-7-12-25(22)33-26-13-8-14-29(18-23(29)27(26)30-24)28-31(15-16-32-28)19-21-9-4-3-5-10-21/h3-9,11-12,14,20-21,23,28H,10,13,15-19H2,1-2H3. The second kappa shape index (κ2) is 8.72. The lowest BCUT2D eigenvalue weighted by molar-refractivity contribution is -0.0157. The van der Waals surface area contributed by atoms with Crippen LogP contribution in [0.25, 0.3) is 0 Å². The topological polar surface area (TPSA) is 24.8 Å². The molecule has 33 heavy (non-hydrogen) atoms. The van der Waals surface area contributed by atoms with Crippen LogP contribution >= 0.6 is 11.8 Å². The number of rotatable bonds is 5. The number of allylic oxidation sites excluding steroid dienone is 6. The van der Waals surface area contributed by atoms with Crippen LogP contribution in [0.2, 0.25) is 0 Å². The molecule has 4 unspecified atom stereocenters. The van der Waals surface area contributed by atoms with E-state index in [1.54, 1.807) is 0 Å². The molecule has 2 heterocycles. The summed E-state index contributed by atoms with van der Waals surface area (Å²) in [5.74, 6) is 1.64. The molecule has 4 atom stereocenters. The van der Waals surface area contributed by atoms with E-state index in [2.05, 4.69) is 79.5 Å². The third-order valence-corrected chi connectivity index (χ3v) is 8.86. The summed E-state index contributed by atoms with van der Waals surface area (Å²) in [5.41, 5.74) is 4.01. The molecule has 6 rings (SSSR count). The summed E-state index contributed by atoms with van der Waals surface area (Å²) in [6.45, 7) is 7.56. The number of thioether (sulfide) groups is 1. The third kappa shape index (κ3) is 4.00. The Kier molecular flexibility index (Phi) is 5.72. The normalized spacial score (nSPS) is 32.8. The van der Waals surface area contributed by atoms with Gasteiger partial charge in [-0.25, -0.2) is 0 Å².